The first-order valence-corrected chi connectivity index (χ1v) is 6.50. The van der Waals surface area contributed by atoms with Gasteiger partial charge in [-0.25, -0.2) is 0 Å². The van der Waals surface area contributed by atoms with E-state index >= 15 is 0 Å². The van der Waals surface area contributed by atoms with Gasteiger partial charge in [0.2, 0.25) is 5.91 Å². The lowest BCUT2D eigenvalue weighted by atomic mass is 10.1. The highest BCUT2D eigenvalue weighted by Crippen LogP contribution is 2.20. The standard InChI is InChI=1S/C12H17NO3S/c1-2-17-12(16)7-9-5-3-4-6-10(9)13-11(15)8-14/h3-6,12,14,16H,2,7-8H2,1H3,(H,13,15). The van der Waals surface area contributed by atoms with E-state index in [1.54, 1.807) is 12.1 Å². The van der Waals surface area contributed by atoms with Gasteiger partial charge in [0.1, 0.15) is 12.0 Å². The minimum absolute atomic E-state index is 0.449. The summed E-state index contributed by atoms with van der Waals surface area (Å²) in [5.74, 6) is 0.391. The van der Waals surface area contributed by atoms with Gasteiger partial charge in [0, 0.05) is 12.1 Å². The molecule has 94 valence electrons. The summed E-state index contributed by atoms with van der Waals surface area (Å²) in [5, 5.41) is 21.0. The number of nitrogens with one attached hydrogen (secondary N) is 1. The zero-order valence-electron chi connectivity index (χ0n) is 9.72. The summed E-state index contributed by atoms with van der Waals surface area (Å²) in [6.07, 6.45) is 0.473. The number of aliphatic hydroxyl groups is 2. The molecule has 1 rings (SSSR count). The van der Waals surface area contributed by atoms with Crippen LogP contribution in [0.15, 0.2) is 24.3 Å². The fraction of sp³-hybridized carbons (Fsp3) is 0.417. The van der Waals surface area contributed by atoms with Crippen molar-refractivity contribution in [2.45, 2.75) is 18.8 Å². The van der Waals surface area contributed by atoms with E-state index in [4.69, 9.17) is 5.11 Å². The third-order valence-corrected chi connectivity index (χ3v) is 3.07. The second-order valence-electron chi connectivity index (χ2n) is 3.48. The number of para-hydroxylation sites is 1. The molecule has 5 heteroatoms. The number of hydrogen-bond acceptors (Lipinski definition) is 4. The van der Waals surface area contributed by atoms with Crippen molar-refractivity contribution in [1.29, 1.82) is 0 Å². The molecule has 0 saturated heterocycles. The average molecular weight is 255 g/mol. The fourth-order valence-electron chi connectivity index (χ4n) is 1.45. The number of anilines is 1. The predicted octanol–water partition coefficient (Wildman–Crippen LogP) is 1.23. The Bertz CT molecular complexity index is 371. The lowest BCUT2D eigenvalue weighted by Gasteiger charge is -2.13. The molecule has 0 fully saturated rings. The van der Waals surface area contributed by atoms with E-state index in [9.17, 15) is 9.90 Å². The van der Waals surface area contributed by atoms with E-state index in [-0.39, 0.29) is 0 Å². The van der Waals surface area contributed by atoms with Gasteiger partial charge in [-0.05, 0) is 17.4 Å². The van der Waals surface area contributed by atoms with Gasteiger partial charge in [0.25, 0.3) is 0 Å². The van der Waals surface area contributed by atoms with Crippen molar-refractivity contribution >= 4 is 23.4 Å². The maximum absolute atomic E-state index is 11.1. The number of rotatable bonds is 6. The number of thioether (sulfide) groups is 1. The summed E-state index contributed by atoms with van der Waals surface area (Å²) in [4.78, 5) is 11.1. The molecule has 3 N–H and O–H groups in total. The Hall–Kier alpha value is -1.04. The lowest BCUT2D eigenvalue weighted by molar-refractivity contribution is -0.118. The van der Waals surface area contributed by atoms with Crippen LogP contribution in [0.2, 0.25) is 0 Å². The van der Waals surface area contributed by atoms with Crippen LogP contribution < -0.4 is 5.32 Å². The van der Waals surface area contributed by atoms with Gasteiger partial charge < -0.3 is 15.5 Å². The number of carbonyl (C=O) groups is 1. The molecule has 0 bridgehead atoms. The maximum Gasteiger partial charge on any atom is 0.250 e. The molecule has 1 aromatic rings. The van der Waals surface area contributed by atoms with E-state index < -0.39 is 18.0 Å². The first-order chi connectivity index (χ1) is 8.17. The fourth-order valence-corrected chi connectivity index (χ4v) is 2.13. The van der Waals surface area contributed by atoms with Crippen LogP contribution in [0.25, 0.3) is 0 Å². The van der Waals surface area contributed by atoms with Crippen LogP contribution in [0, 0.1) is 0 Å². The molecule has 1 aromatic carbocycles. The van der Waals surface area contributed by atoms with Crippen LogP contribution in [0.4, 0.5) is 5.69 Å². The first kappa shape index (κ1) is 14.0. The Morgan fingerprint density at radius 1 is 1.47 bits per heavy atom. The van der Waals surface area contributed by atoms with E-state index in [1.807, 2.05) is 19.1 Å². The molecule has 0 heterocycles. The van der Waals surface area contributed by atoms with Gasteiger partial charge in [0.05, 0.1) is 0 Å². The minimum Gasteiger partial charge on any atom is -0.387 e. The summed E-state index contributed by atoms with van der Waals surface area (Å²) >= 11 is 1.45. The molecule has 0 aromatic heterocycles. The Morgan fingerprint density at radius 3 is 2.82 bits per heavy atom. The molecule has 17 heavy (non-hydrogen) atoms. The number of benzene rings is 1. The Kier molecular flexibility index (Phi) is 6.04. The highest BCUT2D eigenvalue weighted by Gasteiger charge is 2.10. The van der Waals surface area contributed by atoms with Gasteiger partial charge in [-0.3, -0.25) is 4.79 Å². The van der Waals surface area contributed by atoms with E-state index in [0.29, 0.717) is 12.1 Å². The zero-order valence-corrected chi connectivity index (χ0v) is 10.5. The summed E-state index contributed by atoms with van der Waals surface area (Å²) in [6.45, 7) is 1.44. The molecule has 1 amide bonds. The maximum atomic E-state index is 11.1. The molecule has 1 unspecified atom stereocenters. The van der Waals surface area contributed by atoms with Gasteiger partial charge in [-0.2, -0.15) is 0 Å². The average Bonchev–Trinajstić information content (AvgIpc) is 2.31. The quantitative estimate of drug-likeness (QED) is 0.669. The SMILES string of the molecule is CCSC(O)Cc1ccccc1NC(=O)CO. The summed E-state index contributed by atoms with van der Waals surface area (Å²) in [7, 11) is 0. The van der Waals surface area contributed by atoms with Gasteiger partial charge in [-0.15, -0.1) is 11.8 Å². The number of aliphatic hydroxyl groups excluding tert-OH is 2. The molecule has 0 aliphatic carbocycles. The Morgan fingerprint density at radius 2 is 2.18 bits per heavy atom. The number of amides is 1. The summed E-state index contributed by atoms with van der Waals surface area (Å²) < 4.78 is 0. The van der Waals surface area contributed by atoms with Crippen molar-refractivity contribution in [1.82, 2.24) is 0 Å². The monoisotopic (exact) mass is 255 g/mol. The number of carbonyl (C=O) groups excluding carboxylic acids is 1. The predicted molar refractivity (Wildman–Crippen MR) is 70.0 cm³/mol. The van der Waals surface area contributed by atoms with Crippen LogP contribution in [0.1, 0.15) is 12.5 Å². The topological polar surface area (TPSA) is 69.6 Å². The largest absolute Gasteiger partial charge is 0.387 e. The minimum atomic E-state index is -0.541. The molecule has 1 atom stereocenters. The first-order valence-electron chi connectivity index (χ1n) is 5.45. The van der Waals surface area contributed by atoms with Crippen molar-refractivity contribution in [3.63, 3.8) is 0 Å². The van der Waals surface area contributed by atoms with Crippen LogP contribution in [-0.4, -0.2) is 33.9 Å². The smallest absolute Gasteiger partial charge is 0.250 e. The van der Waals surface area contributed by atoms with E-state index in [0.717, 1.165) is 11.3 Å². The highest BCUT2D eigenvalue weighted by atomic mass is 32.2. The molecule has 4 nitrogen and oxygen atoms in total. The van der Waals surface area contributed by atoms with Gasteiger partial charge in [0.15, 0.2) is 0 Å². The van der Waals surface area contributed by atoms with Crippen molar-refractivity contribution in [3.8, 4) is 0 Å². The van der Waals surface area contributed by atoms with E-state index in [1.165, 1.54) is 11.8 Å². The summed E-state index contributed by atoms with van der Waals surface area (Å²) in [5.41, 5.74) is 1.03. The molecule has 0 aliphatic rings. The number of hydrogen-bond donors (Lipinski definition) is 3. The van der Waals surface area contributed by atoms with Crippen molar-refractivity contribution in [3.05, 3.63) is 29.8 Å². The normalized spacial score (nSPS) is 12.2. The van der Waals surface area contributed by atoms with Crippen LogP contribution in [-0.2, 0) is 11.2 Å². The van der Waals surface area contributed by atoms with Crippen LogP contribution in [0.5, 0.6) is 0 Å². The van der Waals surface area contributed by atoms with Gasteiger partial charge in [-0.1, -0.05) is 25.1 Å². The zero-order chi connectivity index (χ0) is 12.7. The van der Waals surface area contributed by atoms with Crippen molar-refractivity contribution < 1.29 is 15.0 Å². The molecular weight excluding hydrogens is 238 g/mol. The highest BCUT2D eigenvalue weighted by molar-refractivity contribution is 7.99. The van der Waals surface area contributed by atoms with E-state index in [2.05, 4.69) is 5.32 Å². The molecule has 0 aliphatic heterocycles. The molecule has 0 saturated carbocycles. The third-order valence-electron chi connectivity index (χ3n) is 2.19. The second-order valence-corrected chi connectivity index (χ2v) is 4.93. The van der Waals surface area contributed by atoms with Crippen molar-refractivity contribution in [2.24, 2.45) is 0 Å². The molecule has 0 radical (unpaired) electrons. The Balaban J connectivity index is 2.73. The van der Waals surface area contributed by atoms with Gasteiger partial charge >= 0.3 is 0 Å². The van der Waals surface area contributed by atoms with Crippen molar-refractivity contribution in [2.75, 3.05) is 17.7 Å². The lowest BCUT2D eigenvalue weighted by Crippen LogP contribution is -2.17. The van der Waals surface area contributed by atoms with Crippen LogP contribution in [0.3, 0.4) is 0 Å². The second kappa shape index (κ2) is 7.32. The summed E-state index contributed by atoms with van der Waals surface area (Å²) in [6, 6.07) is 7.27. The molecular formula is C12H17NO3S. The third kappa shape index (κ3) is 4.77. The Labute approximate surface area is 105 Å². The molecule has 0 spiro atoms. The van der Waals surface area contributed by atoms with Crippen LogP contribution >= 0.6 is 11.8 Å².